The molecule has 2 amide bonds. The van der Waals surface area contributed by atoms with Gasteiger partial charge in [-0.2, -0.15) is 4.98 Å². The third kappa shape index (κ3) is 3.55. The molecule has 0 bridgehead atoms. The SMILES string of the molecule is O=C(CNc1nc(=O)[nH]cc1F)N1CC[C@@H]2[C@H]1C(=O)N2S(=O)(=O)[O-].[Na+]. The van der Waals surface area contributed by atoms with Gasteiger partial charge >= 0.3 is 35.2 Å². The number of hydrogen-bond acceptors (Lipinski definition) is 8. The first-order valence-corrected chi connectivity index (χ1v) is 8.14. The van der Waals surface area contributed by atoms with Crippen LogP contribution in [0.1, 0.15) is 6.42 Å². The summed E-state index contributed by atoms with van der Waals surface area (Å²) in [4.78, 5) is 41.4. The van der Waals surface area contributed by atoms with Crippen LogP contribution in [0.4, 0.5) is 10.2 Å². The van der Waals surface area contributed by atoms with Crippen LogP contribution >= 0.6 is 0 Å². The molecule has 3 heterocycles. The summed E-state index contributed by atoms with van der Waals surface area (Å²) in [5.74, 6) is -2.86. The molecule has 25 heavy (non-hydrogen) atoms. The van der Waals surface area contributed by atoms with Gasteiger partial charge in [0.25, 0.3) is 5.91 Å². The second-order valence-corrected chi connectivity index (χ2v) is 6.48. The van der Waals surface area contributed by atoms with Gasteiger partial charge in [0.15, 0.2) is 21.9 Å². The number of aromatic nitrogens is 2. The van der Waals surface area contributed by atoms with Crippen molar-refractivity contribution in [2.45, 2.75) is 18.5 Å². The zero-order valence-corrected chi connectivity index (χ0v) is 15.7. The minimum atomic E-state index is -4.90. The molecule has 0 radical (unpaired) electrons. The van der Waals surface area contributed by atoms with E-state index in [2.05, 4.69) is 10.3 Å². The van der Waals surface area contributed by atoms with Crippen molar-refractivity contribution in [2.24, 2.45) is 0 Å². The molecule has 1 aromatic rings. The number of nitrogens with zero attached hydrogens (tertiary/aromatic N) is 3. The first kappa shape index (κ1) is 19.8. The van der Waals surface area contributed by atoms with E-state index in [4.69, 9.17) is 0 Å². The molecule has 0 unspecified atom stereocenters. The Morgan fingerprint density at radius 1 is 1.48 bits per heavy atom. The van der Waals surface area contributed by atoms with E-state index >= 15 is 0 Å². The minimum Gasteiger partial charge on any atom is -0.731 e. The van der Waals surface area contributed by atoms with Crippen molar-refractivity contribution >= 4 is 27.9 Å². The summed E-state index contributed by atoms with van der Waals surface area (Å²) in [6, 6.07) is -1.88. The molecule has 14 heteroatoms. The Morgan fingerprint density at radius 2 is 2.16 bits per heavy atom. The van der Waals surface area contributed by atoms with E-state index in [1.54, 1.807) is 0 Å². The Bertz CT molecular complexity index is 876. The van der Waals surface area contributed by atoms with Gasteiger partial charge in [-0.1, -0.05) is 0 Å². The van der Waals surface area contributed by atoms with Gasteiger partial charge in [-0.05, 0) is 6.42 Å². The van der Waals surface area contributed by atoms with Crippen molar-refractivity contribution in [1.29, 1.82) is 0 Å². The average molecular weight is 383 g/mol. The first-order valence-electron chi connectivity index (χ1n) is 6.78. The van der Waals surface area contributed by atoms with E-state index in [0.29, 0.717) is 0 Å². The van der Waals surface area contributed by atoms with E-state index in [-0.39, 0.29) is 46.8 Å². The molecular weight excluding hydrogens is 372 g/mol. The monoisotopic (exact) mass is 383 g/mol. The number of H-pyrrole nitrogens is 1. The maximum absolute atomic E-state index is 13.4. The third-order valence-electron chi connectivity index (χ3n) is 3.87. The zero-order valence-electron chi connectivity index (χ0n) is 12.9. The summed E-state index contributed by atoms with van der Waals surface area (Å²) in [6.45, 7) is -0.368. The van der Waals surface area contributed by atoms with Gasteiger partial charge in [0.1, 0.15) is 6.04 Å². The molecule has 0 aromatic carbocycles. The zero-order chi connectivity index (χ0) is 17.6. The van der Waals surface area contributed by atoms with Crippen LogP contribution in [-0.4, -0.2) is 69.1 Å². The van der Waals surface area contributed by atoms with E-state index in [1.807, 2.05) is 4.98 Å². The number of hydrogen-bond donors (Lipinski definition) is 2. The van der Waals surface area contributed by atoms with Gasteiger partial charge in [0.05, 0.1) is 12.6 Å². The van der Waals surface area contributed by atoms with Crippen LogP contribution in [0.2, 0.25) is 0 Å². The topological polar surface area (TPSA) is 156 Å². The third-order valence-corrected chi connectivity index (χ3v) is 4.80. The van der Waals surface area contributed by atoms with Crippen LogP contribution in [0.25, 0.3) is 0 Å². The molecule has 2 aliphatic rings. The number of halogens is 1. The quantitative estimate of drug-likeness (QED) is 0.296. The van der Waals surface area contributed by atoms with Crippen molar-refractivity contribution in [2.75, 3.05) is 18.4 Å². The standard InChI is InChI=1S/C11H12FN5O6S.Na/c12-5-3-14-11(20)15-9(5)13-4-7(18)16-2-1-6-8(16)10(19)17(6)24(21,22)23;/h3,6,8H,1-2,4H2,(H,21,22,23)(H2,13,14,15,20);/q;+1/p-1/t6-,8+;/m1./s1. The summed E-state index contributed by atoms with van der Waals surface area (Å²) in [7, 11) is -4.90. The number of nitrogens with one attached hydrogen (secondary N) is 2. The number of likely N-dealkylation sites (tertiary alicyclic amines) is 1. The van der Waals surface area contributed by atoms with Crippen molar-refractivity contribution in [3.63, 3.8) is 0 Å². The van der Waals surface area contributed by atoms with Crippen LogP contribution in [0.5, 0.6) is 0 Å². The predicted molar refractivity (Wildman–Crippen MR) is 73.8 cm³/mol. The summed E-state index contributed by atoms with van der Waals surface area (Å²) in [5.41, 5.74) is -0.807. The number of carbonyl (C=O) groups excluding carboxylic acids is 2. The maximum atomic E-state index is 13.4. The Balaban J connectivity index is 0.00000225. The fraction of sp³-hybridized carbons (Fsp3) is 0.455. The normalized spacial score (nSPS) is 22.1. The Hall–Kier alpha value is -1.54. The number of fused-ring (bicyclic) bond motifs is 1. The fourth-order valence-corrected chi connectivity index (χ4v) is 3.73. The van der Waals surface area contributed by atoms with Crippen LogP contribution < -0.4 is 40.6 Å². The Kier molecular flexibility index (Phi) is 5.53. The smallest absolute Gasteiger partial charge is 0.731 e. The molecule has 0 aliphatic carbocycles. The second kappa shape index (κ2) is 6.99. The second-order valence-electron chi connectivity index (χ2n) is 5.24. The number of aromatic amines is 1. The summed E-state index contributed by atoms with van der Waals surface area (Å²) in [5, 5.41) is 2.34. The van der Waals surface area contributed by atoms with Gasteiger partial charge < -0.3 is 19.8 Å². The van der Waals surface area contributed by atoms with Crippen LogP contribution in [0.3, 0.4) is 0 Å². The van der Waals surface area contributed by atoms with Crippen LogP contribution in [0.15, 0.2) is 11.0 Å². The maximum Gasteiger partial charge on any atom is 1.00 e. The average Bonchev–Trinajstić information content (AvgIpc) is 2.85. The molecule has 0 saturated carbocycles. The van der Waals surface area contributed by atoms with Gasteiger partial charge in [-0.3, -0.25) is 9.59 Å². The molecule has 2 fully saturated rings. The molecule has 2 aliphatic heterocycles. The summed E-state index contributed by atoms with van der Waals surface area (Å²) >= 11 is 0. The molecule has 2 saturated heterocycles. The molecule has 2 N–H and O–H groups in total. The van der Waals surface area contributed by atoms with Gasteiger partial charge in [0.2, 0.25) is 5.91 Å². The molecule has 1 aromatic heterocycles. The van der Waals surface area contributed by atoms with Crippen LogP contribution in [-0.2, 0) is 19.9 Å². The molecular formula is C11H11FN5NaO6S. The summed E-state index contributed by atoms with van der Waals surface area (Å²) in [6.07, 6.45) is 0.932. The number of carbonyl (C=O) groups is 2. The number of anilines is 1. The van der Waals surface area contributed by atoms with E-state index in [0.717, 1.165) is 11.1 Å². The van der Waals surface area contributed by atoms with E-state index in [9.17, 15) is 31.7 Å². The van der Waals surface area contributed by atoms with E-state index in [1.165, 1.54) is 0 Å². The molecule has 0 spiro atoms. The predicted octanol–water partition coefficient (Wildman–Crippen LogP) is -5.40. The van der Waals surface area contributed by atoms with Crippen molar-refractivity contribution in [3.8, 4) is 0 Å². The first-order chi connectivity index (χ1) is 11.2. The van der Waals surface area contributed by atoms with Crippen molar-refractivity contribution in [1.82, 2.24) is 19.2 Å². The molecule has 3 rings (SSSR count). The molecule has 2 atom stereocenters. The molecule has 130 valence electrons. The van der Waals surface area contributed by atoms with Gasteiger partial charge in [0, 0.05) is 12.7 Å². The summed E-state index contributed by atoms with van der Waals surface area (Å²) < 4.78 is 46.6. The van der Waals surface area contributed by atoms with Crippen LogP contribution in [0, 0.1) is 5.82 Å². The number of rotatable bonds is 4. The van der Waals surface area contributed by atoms with E-state index < -0.39 is 58.1 Å². The fourth-order valence-electron chi connectivity index (χ4n) is 2.85. The van der Waals surface area contributed by atoms with Crippen molar-refractivity contribution < 1.29 is 56.5 Å². The van der Waals surface area contributed by atoms with Gasteiger partial charge in [-0.25, -0.2) is 21.9 Å². The molecule has 11 nitrogen and oxygen atoms in total. The van der Waals surface area contributed by atoms with Crippen molar-refractivity contribution in [3.05, 3.63) is 22.5 Å². The largest absolute Gasteiger partial charge is 1.00 e. The minimum absolute atomic E-state index is 0. The Morgan fingerprint density at radius 3 is 2.80 bits per heavy atom. The van der Waals surface area contributed by atoms with Gasteiger partial charge in [-0.15, -0.1) is 0 Å². The number of β-lactam (4-membered cyclic amide) rings is 1. The Labute approximate surface area is 162 Å². The number of amides is 2.